The van der Waals surface area contributed by atoms with E-state index in [2.05, 4.69) is 4.52 Å². The van der Waals surface area contributed by atoms with Crippen LogP contribution in [0.4, 0.5) is 0 Å². The molecule has 0 aromatic heterocycles. The molecule has 0 aromatic carbocycles. The molecule has 0 radical (unpaired) electrons. The number of hydrogen-bond acceptors (Lipinski definition) is 4. The second kappa shape index (κ2) is 7.44. The molecule has 0 rings (SSSR count). The third-order valence-corrected chi connectivity index (χ3v) is 2.45. The smallest absolute Gasteiger partial charge is 0.481 e. The molecule has 0 fully saturated rings. The van der Waals surface area contributed by atoms with Crippen molar-refractivity contribution in [3.63, 3.8) is 0 Å². The van der Waals surface area contributed by atoms with Crippen LogP contribution in [-0.2, 0) is 18.7 Å². The summed E-state index contributed by atoms with van der Waals surface area (Å²) in [5.41, 5.74) is 0. The van der Waals surface area contributed by atoms with Crippen molar-refractivity contribution in [3.8, 4) is 0 Å². The molecule has 2 N–H and O–H groups in total. The van der Waals surface area contributed by atoms with Crippen LogP contribution in [0.15, 0.2) is 0 Å². The summed E-state index contributed by atoms with van der Waals surface area (Å²) in [5.74, 6) is -2.88. The fourth-order valence-corrected chi connectivity index (χ4v) is 1.51. The van der Waals surface area contributed by atoms with Crippen molar-refractivity contribution in [1.82, 2.24) is 0 Å². The molecule has 92 valence electrons. The number of carboxylic acids is 1. The van der Waals surface area contributed by atoms with Crippen molar-refractivity contribution in [3.05, 3.63) is 0 Å². The highest BCUT2D eigenvalue weighted by Crippen LogP contribution is 2.18. The molecule has 6 nitrogen and oxygen atoms in total. The Morgan fingerprint density at radius 3 is 2.31 bits per heavy atom. The molecule has 0 aliphatic rings. The van der Waals surface area contributed by atoms with Gasteiger partial charge in [0.2, 0.25) is 0 Å². The number of carbonyl (C=O) groups excluding carboxylic acids is 1. The van der Waals surface area contributed by atoms with E-state index < -0.39 is 20.1 Å². The van der Waals surface area contributed by atoms with Gasteiger partial charge in [-0.05, 0) is 12.8 Å². The number of carbonyl (C=O) groups is 2. The van der Waals surface area contributed by atoms with E-state index in [1.807, 2.05) is 0 Å². The van der Waals surface area contributed by atoms with Crippen LogP contribution >= 0.6 is 8.25 Å². The summed E-state index contributed by atoms with van der Waals surface area (Å²) in [5, 5.41) is 8.83. The molecule has 0 aliphatic heterocycles. The molecule has 0 amide bonds. The molecule has 0 spiro atoms. The van der Waals surface area contributed by atoms with Crippen LogP contribution in [-0.4, -0.2) is 28.4 Å². The van der Waals surface area contributed by atoms with Gasteiger partial charge < -0.3 is 5.11 Å². The van der Waals surface area contributed by atoms with Gasteiger partial charge in [-0.1, -0.05) is 13.8 Å². The molecular formula is C9H16O6P+. The van der Waals surface area contributed by atoms with Crippen LogP contribution in [0.5, 0.6) is 0 Å². The Balaban J connectivity index is 4.10. The lowest BCUT2D eigenvalue weighted by atomic mass is 9.91. The van der Waals surface area contributed by atoms with Gasteiger partial charge in [-0.15, -0.1) is 9.42 Å². The van der Waals surface area contributed by atoms with Crippen molar-refractivity contribution in [2.75, 3.05) is 6.61 Å². The number of ketones is 1. The van der Waals surface area contributed by atoms with Gasteiger partial charge in [0.25, 0.3) is 0 Å². The van der Waals surface area contributed by atoms with Gasteiger partial charge >= 0.3 is 14.2 Å². The Kier molecular flexibility index (Phi) is 7.05. The lowest BCUT2D eigenvalue weighted by Crippen LogP contribution is -2.27. The van der Waals surface area contributed by atoms with E-state index in [0.717, 1.165) is 0 Å². The summed E-state index contributed by atoms with van der Waals surface area (Å²) in [6, 6.07) is 0. The van der Waals surface area contributed by atoms with Crippen molar-refractivity contribution in [1.29, 1.82) is 0 Å². The number of carboxylic acid groups (broad SMARTS) is 1. The van der Waals surface area contributed by atoms with Gasteiger partial charge in [0.05, 0.1) is 0 Å². The lowest BCUT2D eigenvalue weighted by molar-refractivity contribution is -0.147. The van der Waals surface area contributed by atoms with Crippen molar-refractivity contribution < 1.29 is 28.7 Å². The van der Waals surface area contributed by atoms with E-state index in [1.165, 1.54) is 0 Å². The van der Waals surface area contributed by atoms with Crippen LogP contribution in [0, 0.1) is 11.8 Å². The van der Waals surface area contributed by atoms with E-state index in [4.69, 9.17) is 10.00 Å². The predicted molar refractivity (Wildman–Crippen MR) is 56.0 cm³/mol. The third kappa shape index (κ3) is 5.90. The molecule has 0 aromatic rings. The first-order valence-electron chi connectivity index (χ1n) is 4.91. The van der Waals surface area contributed by atoms with Crippen LogP contribution in [0.2, 0.25) is 0 Å². The zero-order chi connectivity index (χ0) is 12.7. The number of rotatable bonds is 8. The fraction of sp³-hybridized carbons (Fsp3) is 0.778. The average molecular weight is 251 g/mol. The number of Topliss-reactive ketones (excluding diaryl/α,β-unsaturated/α-hetero) is 1. The van der Waals surface area contributed by atoms with Crippen LogP contribution in [0.25, 0.3) is 0 Å². The minimum Gasteiger partial charge on any atom is -0.481 e. The van der Waals surface area contributed by atoms with Gasteiger partial charge in [0, 0.05) is 10.5 Å². The normalized spacial score (nSPS) is 13.6. The zero-order valence-corrected chi connectivity index (χ0v) is 10.1. The predicted octanol–water partition coefficient (Wildman–Crippen LogP) is 1.36. The van der Waals surface area contributed by atoms with Gasteiger partial charge in [-0.3, -0.25) is 9.59 Å². The Morgan fingerprint density at radius 1 is 1.38 bits per heavy atom. The largest absolute Gasteiger partial charge is 0.694 e. The second-order valence-electron chi connectivity index (χ2n) is 3.66. The molecule has 2 unspecified atom stereocenters. The molecule has 0 aliphatic carbocycles. The highest BCUT2D eigenvalue weighted by Gasteiger charge is 2.27. The standard InChI is InChI=1S/C9H15O6P/c1-6(2)8(10)7(9(11)12)4-3-5-15-16(13)14/h6-7H,3-5H2,1-2H3,(H-,11,12,13,14)/p+1. The van der Waals surface area contributed by atoms with Crippen molar-refractivity contribution in [2.45, 2.75) is 26.7 Å². The minimum atomic E-state index is -2.66. The Labute approximate surface area is 94.6 Å². The summed E-state index contributed by atoms with van der Waals surface area (Å²) < 4.78 is 14.5. The van der Waals surface area contributed by atoms with Gasteiger partial charge in [-0.25, -0.2) is 0 Å². The van der Waals surface area contributed by atoms with Crippen molar-refractivity contribution >= 4 is 20.0 Å². The Morgan fingerprint density at radius 2 is 1.94 bits per heavy atom. The molecule has 7 heteroatoms. The molecule has 0 saturated carbocycles. The van der Waals surface area contributed by atoms with E-state index in [0.29, 0.717) is 0 Å². The van der Waals surface area contributed by atoms with Crippen LogP contribution in [0.3, 0.4) is 0 Å². The maximum absolute atomic E-state index is 11.5. The van der Waals surface area contributed by atoms with E-state index in [1.54, 1.807) is 13.8 Å². The van der Waals surface area contributed by atoms with Gasteiger partial charge in [0.1, 0.15) is 18.3 Å². The maximum atomic E-state index is 11.5. The summed E-state index contributed by atoms with van der Waals surface area (Å²) in [4.78, 5) is 30.6. The van der Waals surface area contributed by atoms with E-state index in [9.17, 15) is 14.2 Å². The SMILES string of the molecule is CC(C)C(=O)C(CCCO[P+](=O)O)C(=O)O. The maximum Gasteiger partial charge on any atom is 0.694 e. The molecule has 0 bridgehead atoms. The van der Waals surface area contributed by atoms with Crippen LogP contribution in [0.1, 0.15) is 26.7 Å². The Hall–Kier alpha value is -0.840. The summed E-state index contributed by atoms with van der Waals surface area (Å²) in [6.07, 6.45) is 0.382. The highest BCUT2D eigenvalue weighted by molar-refractivity contribution is 7.32. The first-order valence-corrected chi connectivity index (χ1v) is 6.04. The number of aliphatic carboxylic acids is 1. The zero-order valence-electron chi connectivity index (χ0n) is 9.25. The molecule has 0 saturated heterocycles. The highest BCUT2D eigenvalue weighted by atomic mass is 31.1. The first kappa shape index (κ1) is 15.2. The van der Waals surface area contributed by atoms with E-state index in [-0.39, 0.29) is 31.1 Å². The van der Waals surface area contributed by atoms with Gasteiger partial charge in [0.15, 0.2) is 0 Å². The summed E-state index contributed by atoms with van der Waals surface area (Å²) >= 11 is 0. The second-order valence-corrected chi connectivity index (χ2v) is 4.40. The number of hydrogen-bond donors (Lipinski definition) is 2. The molecule has 16 heavy (non-hydrogen) atoms. The molecule has 2 atom stereocenters. The summed E-state index contributed by atoms with van der Waals surface area (Å²) in [6.45, 7) is 3.25. The third-order valence-electron chi connectivity index (χ3n) is 2.05. The van der Waals surface area contributed by atoms with E-state index >= 15 is 0 Å². The van der Waals surface area contributed by atoms with Crippen LogP contribution < -0.4 is 0 Å². The molecular weight excluding hydrogens is 235 g/mol. The van der Waals surface area contributed by atoms with Crippen molar-refractivity contribution in [2.24, 2.45) is 11.8 Å². The minimum absolute atomic E-state index is 0.0269. The monoisotopic (exact) mass is 251 g/mol. The average Bonchev–Trinajstić information content (AvgIpc) is 2.15. The fourth-order valence-electron chi connectivity index (χ4n) is 1.22. The van der Waals surface area contributed by atoms with Gasteiger partial charge in [-0.2, -0.15) is 0 Å². The Bertz CT molecular complexity index is 275. The first-order chi connectivity index (χ1) is 7.36. The topological polar surface area (TPSA) is 101 Å². The summed E-state index contributed by atoms with van der Waals surface area (Å²) in [7, 11) is -2.66. The lowest BCUT2D eigenvalue weighted by Gasteiger charge is -2.12. The molecule has 0 heterocycles. The quantitative estimate of drug-likeness (QED) is 0.383.